The Balaban J connectivity index is 3.30. The Morgan fingerprint density at radius 1 is 1.54 bits per heavy atom. The van der Waals surface area contributed by atoms with E-state index >= 15 is 0 Å². The maximum atomic E-state index is 12.7. The first-order valence-corrected chi connectivity index (χ1v) is 3.53. The molecule has 1 aromatic heterocycles. The number of rotatable bonds is 2. The molecule has 2 nitrogen and oxygen atoms in total. The zero-order valence-corrected chi connectivity index (χ0v) is 6.86. The van der Waals surface area contributed by atoms with Crippen molar-refractivity contribution in [2.75, 3.05) is 0 Å². The summed E-state index contributed by atoms with van der Waals surface area (Å²) in [4.78, 5) is 13.1. The quantitative estimate of drug-likeness (QED) is 0.554. The SMILES string of the molecule is O=Cc1cc(C(F)F)nc(F)c1Cl. The van der Waals surface area contributed by atoms with Gasteiger partial charge in [0, 0.05) is 5.56 Å². The van der Waals surface area contributed by atoms with Crippen LogP contribution in [-0.4, -0.2) is 11.3 Å². The highest BCUT2D eigenvalue weighted by Crippen LogP contribution is 2.23. The van der Waals surface area contributed by atoms with Crippen molar-refractivity contribution in [3.63, 3.8) is 0 Å². The molecule has 0 unspecified atom stereocenters. The number of nitrogens with zero attached hydrogens (tertiary/aromatic N) is 1. The Morgan fingerprint density at radius 2 is 2.15 bits per heavy atom. The second-order valence-corrected chi connectivity index (χ2v) is 2.54. The molecule has 1 rings (SSSR count). The van der Waals surface area contributed by atoms with Gasteiger partial charge in [-0.25, -0.2) is 13.8 Å². The number of halogens is 4. The summed E-state index contributed by atoms with van der Waals surface area (Å²) in [6.45, 7) is 0. The van der Waals surface area contributed by atoms with Crippen molar-refractivity contribution in [1.82, 2.24) is 4.98 Å². The smallest absolute Gasteiger partial charge is 0.280 e. The van der Waals surface area contributed by atoms with Gasteiger partial charge in [-0.3, -0.25) is 4.79 Å². The summed E-state index contributed by atoms with van der Waals surface area (Å²) in [5.74, 6) is -1.26. The number of alkyl halides is 2. The van der Waals surface area contributed by atoms with Crippen molar-refractivity contribution in [3.05, 3.63) is 28.3 Å². The first-order valence-electron chi connectivity index (χ1n) is 3.15. The van der Waals surface area contributed by atoms with Crippen LogP contribution in [0.2, 0.25) is 5.02 Å². The maximum Gasteiger partial charge on any atom is 0.280 e. The van der Waals surface area contributed by atoms with Crippen LogP contribution in [0, 0.1) is 5.95 Å². The second kappa shape index (κ2) is 3.74. The van der Waals surface area contributed by atoms with Crippen LogP contribution in [-0.2, 0) is 0 Å². The van der Waals surface area contributed by atoms with Gasteiger partial charge in [0.15, 0.2) is 6.29 Å². The van der Waals surface area contributed by atoms with Crippen LogP contribution < -0.4 is 0 Å². The highest BCUT2D eigenvalue weighted by atomic mass is 35.5. The first-order chi connectivity index (χ1) is 6.06. The molecule has 13 heavy (non-hydrogen) atoms. The number of hydrogen-bond acceptors (Lipinski definition) is 2. The third-order valence-electron chi connectivity index (χ3n) is 1.32. The van der Waals surface area contributed by atoms with Crippen LogP contribution in [0.1, 0.15) is 22.5 Å². The lowest BCUT2D eigenvalue weighted by Gasteiger charge is -2.01. The maximum absolute atomic E-state index is 12.7. The van der Waals surface area contributed by atoms with E-state index in [9.17, 15) is 18.0 Å². The van der Waals surface area contributed by atoms with Gasteiger partial charge in [0.1, 0.15) is 10.7 Å². The minimum Gasteiger partial charge on any atom is -0.298 e. The lowest BCUT2D eigenvalue weighted by Crippen LogP contribution is -1.98. The topological polar surface area (TPSA) is 30.0 Å². The molecule has 1 aromatic rings. The van der Waals surface area contributed by atoms with Gasteiger partial charge in [0.2, 0.25) is 5.95 Å². The summed E-state index contributed by atoms with van der Waals surface area (Å²) in [6, 6.07) is 0.753. The standard InChI is InChI=1S/C7H3ClF3NO/c8-5-3(2-13)1-4(6(9)10)12-7(5)11/h1-2,6H. The van der Waals surface area contributed by atoms with E-state index in [1.54, 1.807) is 0 Å². The molecule has 0 saturated heterocycles. The average molecular weight is 210 g/mol. The van der Waals surface area contributed by atoms with E-state index < -0.39 is 23.1 Å². The third-order valence-corrected chi connectivity index (χ3v) is 1.69. The van der Waals surface area contributed by atoms with E-state index in [1.807, 2.05) is 0 Å². The summed E-state index contributed by atoms with van der Waals surface area (Å²) in [5, 5.41) is -0.542. The minimum atomic E-state index is -2.93. The van der Waals surface area contributed by atoms with Crippen molar-refractivity contribution < 1.29 is 18.0 Å². The van der Waals surface area contributed by atoms with Crippen LogP contribution in [0.15, 0.2) is 6.07 Å². The van der Waals surface area contributed by atoms with E-state index in [0.717, 1.165) is 6.07 Å². The fraction of sp³-hybridized carbons (Fsp3) is 0.143. The average Bonchev–Trinajstić information content (AvgIpc) is 2.09. The van der Waals surface area contributed by atoms with Crippen molar-refractivity contribution in [1.29, 1.82) is 0 Å². The molecule has 0 aliphatic rings. The van der Waals surface area contributed by atoms with Crippen LogP contribution in [0.25, 0.3) is 0 Å². The lowest BCUT2D eigenvalue weighted by atomic mass is 10.2. The molecule has 0 aliphatic carbocycles. The number of hydrogen-bond donors (Lipinski definition) is 0. The molecule has 0 atom stereocenters. The summed E-state index contributed by atoms with van der Waals surface area (Å²) >= 11 is 5.26. The molecule has 1 heterocycles. The second-order valence-electron chi connectivity index (χ2n) is 2.16. The molecule has 0 aromatic carbocycles. The molecule has 0 aliphatic heterocycles. The summed E-state index contributed by atoms with van der Waals surface area (Å²) in [7, 11) is 0. The van der Waals surface area contributed by atoms with Gasteiger partial charge in [-0.2, -0.15) is 4.39 Å². The van der Waals surface area contributed by atoms with Gasteiger partial charge < -0.3 is 0 Å². The Labute approximate surface area is 76.3 Å². The van der Waals surface area contributed by atoms with Gasteiger partial charge >= 0.3 is 0 Å². The monoisotopic (exact) mass is 209 g/mol. The number of aromatic nitrogens is 1. The van der Waals surface area contributed by atoms with E-state index in [4.69, 9.17) is 11.6 Å². The Bertz CT molecular complexity index is 343. The Kier molecular flexibility index (Phi) is 2.87. The minimum absolute atomic E-state index is 0.193. The zero-order valence-electron chi connectivity index (χ0n) is 6.10. The number of carbonyl (C=O) groups excluding carboxylic acids is 1. The molecular weight excluding hydrogens is 207 g/mol. The first kappa shape index (κ1) is 9.98. The van der Waals surface area contributed by atoms with Crippen LogP contribution >= 0.6 is 11.6 Å². The predicted octanol–water partition coefficient (Wildman–Crippen LogP) is 2.62. The molecule has 0 bridgehead atoms. The number of carbonyl (C=O) groups is 1. The summed E-state index contributed by atoms with van der Waals surface area (Å²) in [6.07, 6.45) is -2.73. The fourth-order valence-electron chi connectivity index (χ4n) is 0.734. The zero-order chi connectivity index (χ0) is 10.0. The highest BCUT2D eigenvalue weighted by molar-refractivity contribution is 6.32. The van der Waals surface area contributed by atoms with Gasteiger partial charge in [0.25, 0.3) is 6.43 Å². The molecule has 0 fully saturated rings. The Morgan fingerprint density at radius 3 is 2.62 bits per heavy atom. The molecule has 0 saturated carbocycles. The largest absolute Gasteiger partial charge is 0.298 e. The van der Waals surface area contributed by atoms with Crippen molar-refractivity contribution in [2.24, 2.45) is 0 Å². The fourth-order valence-corrected chi connectivity index (χ4v) is 0.875. The van der Waals surface area contributed by atoms with Crippen molar-refractivity contribution >= 4 is 17.9 Å². The molecular formula is C7H3ClF3NO. The number of pyridine rings is 1. The van der Waals surface area contributed by atoms with Gasteiger partial charge in [-0.1, -0.05) is 11.6 Å². The van der Waals surface area contributed by atoms with Crippen LogP contribution in [0.5, 0.6) is 0 Å². The Hall–Kier alpha value is -1.10. The summed E-state index contributed by atoms with van der Waals surface area (Å²) < 4.78 is 36.7. The van der Waals surface area contributed by atoms with Crippen LogP contribution in [0.3, 0.4) is 0 Å². The normalized spacial score (nSPS) is 10.5. The predicted molar refractivity (Wildman–Crippen MR) is 39.5 cm³/mol. The molecule has 0 spiro atoms. The van der Waals surface area contributed by atoms with E-state index in [0.29, 0.717) is 0 Å². The number of aldehydes is 1. The molecule has 0 radical (unpaired) electrons. The van der Waals surface area contributed by atoms with Crippen molar-refractivity contribution in [2.45, 2.75) is 6.43 Å². The van der Waals surface area contributed by atoms with Crippen LogP contribution in [0.4, 0.5) is 13.2 Å². The lowest BCUT2D eigenvalue weighted by molar-refractivity contribution is 0.112. The van der Waals surface area contributed by atoms with Gasteiger partial charge in [-0.15, -0.1) is 0 Å². The van der Waals surface area contributed by atoms with E-state index in [1.165, 1.54) is 0 Å². The molecule has 70 valence electrons. The molecule has 6 heteroatoms. The molecule has 0 amide bonds. The van der Waals surface area contributed by atoms with E-state index in [2.05, 4.69) is 4.98 Å². The summed E-state index contributed by atoms with van der Waals surface area (Å²) in [5.41, 5.74) is -1.13. The molecule has 0 N–H and O–H groups in total. The third kappa shape index (κ3) is 1.98. The van der Waals surface area contributed by atoms with Crippen molar-refractivity contribution in [3.8, 4) is 0 Å². The van der Waals surface area contributed by atoms with Gasteiger partial charge in [0.05, 0.1) is 0 Å². The highest BCUT2D eigenvalue weighted by Gasteiger charge is 2.15. The van der Waals surface area contributed by atoms with E-state index in [-0.39, 0.29) is 11.8 Å². The van der Waals surface area contributed by atoms with Gasteiger partial charge in [-0.05, 0) is 6.07 Å².